The summed E-state index contributed by atoms with van der Waals surface area (Å²) in [6.45, 7) is 0.256. The van der Waals surface area contributed by atoms with Crippen LogP contribution in [0.4, 0.5) is 5.69 Å². The zero-order chi connectivity index (χ0) is 14.5. The van der Waals surface area contributed by atoms with E-state index in [9.17, 15) is 10.1 Å². The molecule has 0 atom stereocenters. The lowest BCUT2D eigenvalue weighted by Gasteiger charge is -2.07. The minimum absolute atomic E-state index is 0.0621. The monoisotopic (exact) mass is 337 g/mol. The molecule has 5 nitrogen and oxygen atoms in total. The van der Waals surface area contributed by atoms with Gasteiger partial charge in [0.1, 0.15) is 12.4 Å². The van der Waals surface area contributed by atoms with Crippen LogP contribution >= 0.6 is 15.9 Å². The Labute approximate surface area is 124 Å². The molecule has 20 heavy (non-hydrogen) atoms. The molecule has 0 saturated heterocycles. The summed E-state index contributed by atoms with van der Waals surface area (Å²) < 4.78 is 11.2. The SMILES string of the molecule is COc1ccc(COc2ccc(Br)cc2[N+](=O)[O-])cc1. The Morgan fingerprint density at radius 2 is 1.90 bits per heavy atom. The van der Waals surface area contributed by atoms with Crippen LogP contribution < -0.4 is 9.47 Å². The lowest BCUT2D eigenvalue weighted by atomic mass is 10.2. The number of nitrogens with zero attached hydrogens (tertiary/aromatic N) is 1. The lowest BCUT2D eigenvalue weighted by molar-refractivity contribution is -0.386. The normalized spacial score (nSPS) is 10.1. The second-order valence-corrected chi connectivity index (χ2v) is 4.92. The fourth-order valence-corrected chi connectivity index (χ4v) is 1.99. The molecular formula is C14H12BrNO4. The van der Waals surface area contributed by atoms with E-state index >= 15 is 0 Å². The van der Waals surface area contributed by atoms with Crippen LogP contribution in [0.2, 0.25) is 0 Å². The first-order valence-electron chi connectivity index (χ1n) is 5.80. The number of halogens is 1. The first-order chi connectivity index (χ1) is 9.60. The van der Waals surface area contributed by atoms with E-state index in [1.807, 2.05) is 24.3 Å². The van der Waals surface area contributed by atoms with Gasteiger partial charge in [-0.2, -0.15) is 0 Å². The molecule has 0 fully saturated rings. The van der Waals surface area contributed by atoms with Gasteiger partial charge in [0, 0.05) is 10.5 Å². The summed E-state index contributed by atoms with van der Waals surface area (Å²) in [5.41, 5.74) is 0.843. The number of ether oxygens (including phenoxy) is 2. The van der Waals surface area contributed by atoms with E-state index in [0.717, 1.165) is 11.3 Å². The highest BCUT2D eigenvalue weighted by Crippen LogP contribution is 2.30. The molecule has 0 unspecified atom stereocenters. The van der Waals surface area contributed by atoms with Gasteiger partial charge in [-0.05, 0) is 29.8 Å². The van der Waals surface area contributed by atoms with Crippen LogP contribution in [0.15, 0.2) is 46.9 Å². The highest BCUT2D eigenvalue weighted by Gasteiger charge is 2.15. The minimum Gasteiger partial charge on any atom is -0.497 e. The summed E-state index contributed by atoms with van der Waals surface area (Å²) in [6, 6.07) is 12.0. The van der Waals surface area contributed by atoms with Crippen molar-refractivity contribution in [1.29, 1.82) is 0 Å². The van der Waals surface area contributed by atoms with Crippen LogP contribution in [0.3, 0.4) is 0 Å². The van der Waals surface area contributed by atoms with Gasteiger partial charge in [0.05, 0.1) is 12.0 Å². The largest absolute Gasteiger partial charge is 0.497 e. The van der Waals surface area contributed by atoms with Crippen molar-refractivity contribution in [3.8, 4) is 11.5 Å². The first kappa shape index (κ1) is 14.3. The highest BCUT2D eigenvalue weighted by atomic mass is 79.9. The molecule has 0 N–H and O–H groups in total. The maximum atomic E-state index is 11.0. The summed E-state index contributed by atoms with van der Waals surface area (Å²) in [6.07, 6.45) is 0. The van der Waals surface area contributed by atoms with Crippen LogP contribution in [0.25, 0.3) is 0 Å². The predicted molar refractivity (Wildman–Crippen MR) is 78.1 cm³/mol. The number of rotatable bonds is 5. The third-order valence-electron chi connectivity index (χ3n) is 2.67. The van der Waals surface area contributed by atoms with Gasteiger partial charge in [-0.3, -0.25) is 10.1 Å². The molecule has 6 heteroatoms. The average molecular weight is 338 g/mol. The lowest BCUT2D eigenvalue weighted by Crippen LogP contribution is -1.99. The molecule has 2 rings (SSSR count). The van der Waals surface area contributed by atoms with Gasteiger partial charge in [0.25, 0.3) is 0 Å². The average Bonchev–Trinajstić information content (AvgIpc) is 2.46. The van der Waals surface area contributed by atoms with Crippen molar-refractivity contribution in [3.63, 3.8) is 0 Å². The topological polar surface area (TPSA) is 61.6 Å². The first-order valence-corrected chi connectivity index (χ1v) is 6.59. The van der Waals surface area contributed by atoms with Gasteiger partial charge in [-0.25, -0.2) is 0 Å². The molecule has 0 aliphatic carbocycles. The molecule has 0 aliphatic rings. The van der Waals surface area contributed by atoms with Crippen molar-refractivity contribution in [1.82, 2.24) is 0 Å². The smallest absolute Gasteiger partial charge is 0.312 e. The number of nitro benzene ring substituents is 1. The van der Waals surface area contributed by atoms with Crippen molar-refractivity contribution in [2.45, 2.75) is 6.61 Å². The maximum absolute atomic E-state index is 11.0. The Hall–Kier alpha value is -2.08. The third kappa shape index (κ3) is 3.48. The van der Waals surface area contributed by atoms with E-state index < -0.39 is 4.92 Å². The number of nitro groups is 1. The van der Waals surface area contributed by atoms with E-state index in [-0.39, 0.29) is 18.0 Å². The molecule has 2 aromatic rings. The zero-order valence-electron chi connectivity index (χ0n) is 10.7. The van der Waals surface area contributed by atoms with Crippen LogP contribution in [0, 0.1) is 10.1 Å². The molecule has 2 aromatic carbocycles. The molecule has 0 aromatic heterocycles. The molecule has 0 saturated carbocycles. The molecule has 0 spiro atoms. The quantitative estimate of drug-likeness (QED) is 0.612. The van der Waals surface area contributed by atoms with E-state index in [2.05, 4.69) is 15.9 Å². The fraction of sp³-hybridized carbons (Fsp3) is 0.143. The molecule has 0 bridgehead atoms. The Bertz CT molecular complexity index is 613. The van der Waals surface area contributed by atoms with Gasteiger partial charge >= 0.3 is 5.69 Å². The van der Waals surface area contributed by atoms with Gasteiger partial charge < -0.3 is 9.47 Å². The maximum Gasteiger partial charge on any atom is 0.312 e. The Morgan fingerprint density at radius 1 is 1.20 bits per heavy atom. The van der Waals surface area contributed by atoms with E-state index in [4.69, 9.17) is 9.47 Å². The van der Waals surface area contributed by atoms with Crippen molar-refractivity contribution in [2.75, 3.05) is 7.11 Å². The van der Waals surface area contributed by atoms with E-state index in [1.54, 1.807) is 19.2 Å². The van der Waals surface area contributed by atoms with Gasteiger partial charge in [-0.15, -0.1) is 0 Å². The van der Waals surface area contributed by atoms with Crippen molar-refractivity contribution < 1.29 is 14.4 Å². The second-order valence-electron chi connectivity index (χ2n) is 4.01. The van der Waals surface area contributed by atoms with E-state index in [0.29, 0.717) is 4.47 Å². The van der Waals surface area contributed by atoms with Crippen molar-refractivity contribution in [2.24, 2.45) is 0 Å². The van der Waals surface area contributed by atoms with E-state index in [1.165, 1.54) is 6.07 Å². The third-order valence-corrected chi connectivity index (χ3v) is 3.16. The molecule has 0 amide bonds. The number of methoxy groups -OCH3 is 1. The second kappa shape index (κ2) is 6.38. The summed E-state index contributed by atoms with van der Waals surface area (Å²) in [5.74, 6) is 0.998. The van der Waals surface area contributed by atoms with Gasteiger partial charge in [0.2, 0.25) is 0 Å². The Morgan fingerprint density at radius 3 is 2.50 bits per heavy atom. The van der Waals surface area contributed by atoms with Crippen molar-refractivity contribution in [3.05, 3.63) is 62.6 Å². The minimum atomic E-state index is -0.464. The fourth-order valence-electron chi connectivity index (χ4n) is 1.64. The van der Waals surface area contributed by atoms with Crippen LogP contribution in [0.1, 0.15) is 5.56 Å². The van der Waals surface area contributed by atoms with Crippen LogP contribution in [-0.2, 0) is 6.61 Å². The Balaban J connectivity index is 2.12. The van der Waals surface area contributed by atoms with Crippen LogP contribution in [0.5, 0.6) is 11.5 Å². The molecule has 0 aliphatic heterocycles. The molecule has 104 valence electrons. The molecular weight excluding hydrogens is 326 g/mol. The number of hydrogen-bond donors (Lipinski definition) is 0. The molecule has 0 radical (unpaired) electrons. The molecule has 0 heterocycles. The zero-order valence-corrected chi connectivity index (χ0v) is 12.3. The van der Waals surface area contributed by atoms with Crippen molar-refractivity contribution >= 4 is 21.6 Å². The van der Waals surface area contributed by atoms with Gasteiger partial charge in [-0.1, -0.05) is 28.1 Å². The van der Waals surface area contributed by atoms with Crippen LogP contribution in [-0.4, -0.2) is 12.0 Å². The van der Waals surface area contributed by atoms with Gasteiger partial charge in [0.15, 0.2) is 5.75 Å². The summed E-state index contributed by atoms with van der Waals surface area (Å²) in [7, 11) is 1.59. The summed E-state index contributed by atoms with van der Waals surface area (Å²) in [4.78, 5) is 10.5. The predicted octanol–water partition coefficient (Wildman–Crippen LogP) is 3.94. The summed E-state index contributed by atoms with van der Waals surface area (Å²) >= 11 is 3.20. The number of benzene rings is 2. The Kier molecular flexibility index (Phi) is 4.57. The summed E-state index contributed by atoms with van der Waals surface area (Å²) in [5, 5.41) is 11.0. The highest BCUT2D eigenvalue weighted by molar-refractivity contribution is 9.10. The standard InChI is InChI=1S/C14H12BrNO4/c1-19-12-5-2-10(3-6-12)9-20-14-7-4-11(15)8-13(14)16(17)18/h2-8H,9H2,1H3. The number of hydrogen-bond acceptors (Lipinski definition) is 4.